The third-order valence-corrected chi connectivity index (χ3v) is 7.04. The Labute approximate surface area is 198 Å². The molecule has 9 heteroatoms. The van der Waals surface area contributed by atoms with Crippen molar-refractivity contribution in [3.63, 3.8) is 0 Å². The number of hydrogen-bond donors (Lipinski definition) is 1. The van der Waals surface area contributed by atoms with Crippen molar-refractivity contribution in [2.75, 3.05) is 17.5 Å². The first-order chi connectivity index (χ1) is 16.3. The van der Waals surface area contributed by atoms with Gasteiger partial charge in [-0.2, -0.15) is 0 Å². The molecule has 0 fully saturated rings. The van der Waals surface area contributed by atoms with Crippen molar-refractivity contribution in [1.82, 2.24) is 0 Å². The zero-order valence-electron chi connectivity index (χ0n) is 18.7. The van der Waals surface area contributed by atoms with E-state index in [2.05, 4.69) is 0 Å². The highest BCUT2D eigenvalue weighted by Crippen LogP contribution is 2.39. The van der Waals surface area contributed by atoms with Gasteiger partial charge in [0.25, 0.3) is 10.0 Å². The molecule has 178 valence electrons. The first-order valence-corrected chi connectivity index (χ1v) is 12.2. The van der Waals surface area contributed by atoms with E-state index in [-0.39, 0.29) is 17.2 Å². The fourth-order valence-corrected chi connectivity index (χ4v) is 5.18. The van der Waals surface area contributed by atoms with Gasteiger partial charge >= 0.3 is 5.97 Å². The standard InChI is InChI=1S/C25H25NO7S/c1-3-31-24(27)16-26(34(29,30)19-13-14-22-23(15-19)33-17(2)32-22)21-12-8-7-11-20(21)25(28)18-9-5-4-6-10-18/h4-15,17,25,28H,3,16H2,1-2H3. The van der Waals surface area contributed by atoms with Crippen LogP contribution in [0.4, 0.5) is 5.69 Å². The Morgan fingerprint density at radius 2 is 1.71 bits per heavy atom. The molecule has 1 heterocycles. The normalized spacial score (nSPS) is 15.6. The van der Waals surface area contributed by atoms with Gasteiger partial charge in [-0.05, 0) is 30.7 Å². The second-order valence-electron chi connectivity index (χ2n) is 7.60. The Bertz CT molecular complexity index is 1280. The van der Waals surface area contributed by atoms with Crippen molar-refractivity contribution in [3.05, 3.63) is 83.9 Å². The molecule has 3 aromatic rings. The van der Waals surface area contributed by atoms with Crippen molar-refractivity contribution >= 4 is 21.7 Å². The Morgan fingerprint density at radius 3 is 2.44 bits per heavy atom. The molecule has 0 radical (unpaired) electrons. The molecule has 2 unspecified atom stereocenters. The molecule has 0 saturated heterocycles. The number of ether oxygens (including phenoxy) is 3. The molecule has 1 aliphatic rings. The number of aliphatic hydroxyl groups excluding tert-OH is 1. The molecule has 3 aromatic carbocycles. The Balaban J connectivity index is 1.80. The number of rotatable bonds is 8. The third-order valence-electron chi connectivity index (χ3n) is 5.28. The van der Waals surface area contributed by atoms with Gasteiger partial charge in [-0.3, -0.25) is 9.10 Å². The zero-order valence-corrected chi connectivity index (χ0v) is 19.6. The highest BCUT2D eigenvalue weighted by atomic mass is 32.2. The summed E-state index contributed by atoms with van der Waals surface area (Å²) in [6.07, 6.45) is -1.65. The lowest BCUT2D eigenvalue weighted by Crippen LogP contribution is -2.37. The molecule has 1 N–H and O–H groups in total. The van der Waals surface area contributed by atoms with Gasteiger partial charge in [0.15, 0.2) is 11.5 Å². The Morgan fingerprint density at radius 1 is 1.03 bits per heavy atom. The minimum atomic E-state index is -4.26. The molecule has 2 atom stereocenters. The zero-order chi connectivity index (χ0) is 24.3. The van der Waals surface area contributed by atoms with E-state index < -0.39 is 34.9 Å². The van der Waals surface area contributed by atoms with Gasteiger partial charge < -0.3 is 19.3 Å². The SMILES string of the molecule is CCOC(=O)CN(c1ccccc1C(O)c1ccccc1)S(=O)(=O)c1ccc2c(c1)OC(C)O2. The monoisotopic (exact) mass is 483 g/mol. The van der Waals surface area contributed by atoms with Crippen LogP contribution in [0.3, 0.4) is 0 Å². The molecule has 4 rings (SSSR count). The number of esters is 1. The van der Waals surface area contributed by atoms with Crippen molar-refractivity contribution < 1.29 is 32.5 Å². The van der Waals surface area contributed by atoms with Crippen LogP contribution in [0.1, 0.15) is 31.1 Å². The number of anilines is 1. The summed E-state index contributed by atoms with van der Waals surface area (Å²) in [6, 6.07) is 19.6. The van der Waals surface area contributed by atoms with E-state index in [0.717, 1.165) is 4.31 Å². The molecular weight excluding hydrogens is 458 g/mol. The number of nitrogens with zero attached hydrogens (tertiary/aromatic N) is 1. The van der Waals surface area contributed by atoms with Gasteiger partial charge in [0.2, 0.25) is 6.29 Å². The fourth-order valence-electron chi connectivity index (χ4n) is 3.73. The van der Waals surface area contributed by atoms with Gasteiger partial charge in [0.1, 0.15) is 12.6 Å². The van der Waals surface area contributed by atoms with Crippen molar-refractivity contribution in [1.29, 1.82) is 0 Å². The average molecular weight is 484 g/mol. The summed E-state index contributed by atoms with van der Waals surface area (Å²) in [4.78, 5) is 12.4. The number of carbonyl (C=O) groups excluding carboxylic acids is 1. The Kier molecular flexibility index (Phi) is 6.76. The lowest BCUT2D eigenvalue weighted by molar-refractivity contribution is -0.141. The van der Waals surface area contributed by atoms with Gasteiger partial charge in [0, 0.05) is 18.6 Å². The Hall–Kier alpha value is -3.56. The minimum absolute atomic E-state index is 0.0859. The topological polar surface area (TPSA) is 102 Å². The second kappa shape index (κ2) is 9.74. The maximum atomic E-state index is 13.8. The molecular formula is C25H25NO7S. The van der Waals surface area contributed by atoms with Crippen LogP contribution in [0.15, 0.2) is 77.7 Å². The highest BCUT2D eigenvalue weighted by Gasteiger charge is 2.32. The van der Waals surface area contributed by atoms with Crippen LogP contribution in [-0.2, 0) is 19.6 Å². The van der Waals surface area contributed by atoms with Crippen LogP contribution in [-0.4, -0.2) is 38.9 Å². The predicted molar refractivity (Wildman–Crippen MR) is 125 cm³/mol. The molecule has 0 spiro atoms. The summed E-state index contributed by atoms with van der Waals surface area (Å²) in [7, 11) is -4.26. The summed E-state index contributed by atoms with van der Waals surface area (Å²) in [5.41, 5.74) is 1.08. The minimum Gasteiger partial charge on any atom is -0.465 e. The molecule has 0 saturated carbocycles. The molecule has 34 heavy (non-hydrogen) atoms. The number of carbonyl (C=O) groups is 1. The van der Waals surface area contributed by atoms with Crippen molar-refractivity contribution in [2.24, 2.45) is 0 Å². The largest absolute Gasteiger partial charge is 0.465 e. The van der Waals surface area contributed by atoms with Crippen molar-refractivity contribution in [3.8, 4) is 11.5 Å². The summed E-state index contributed by atoms with van der Waals surface area (Å²) >= 11 is 0. The first kappa shape index (κ1) is 23.6. The van der Waals surface area contributed by atoms with Crippen molar-refractivity contribution in [2.45, 2.75) is 31.1 Å². The first-order valence-electron chi connectivity index (χ1n) is 10.8. The maximum Gasteiger partial charge on any atom is 0.326 e. The lowest BCUT2D eigenvalue weighted by Gasteiger charge is -2.27. The third kappa shape index (κ3) is 4.71. The quantitative estimate of drug-likeness (QED) is 0.488. The van der Waals surface area contributed by atoms with Gasteiger partial charge in [-0.15, -0.1) is 0 Å². The average Bonchev–Trinajstić information content (AvgIpc) is 3.22. The van der Waals surface area contributed by atoms with Crippen LogP contribution < -0.4 is 13.8 Å². The molecule has 0 bridgehead atoms. The smallest absolute Gasteiger partial charge is 0.326 e. The van der Waals surface area contributed by atoms with Gasteiger partial charge in [-0.1, -0.05) is 48.5 Å². The van der Waals surface area contributed by atoms with E-state index in [4.69, 9.17) is 14.2 Å². The molecule has 0 amide bonds. The fraction of sp³-hybridized carbons (Fsp3) is 0.240. The predicted octanol–water partition coefficient (Wildman–Crippen LogP) is 3.64. The van der Waals surface area contributed by atoms with Crippen LogP contribution in [0.25, 0.3) is 0 Å². The van der Waals surface area contributed by atoms with Crippen LogP contribution in [0.5, 0.6) is 11.5 Å². The van der Waals surface area contributed by atoms with E-state index in [1.807, 2.05) is 6.07 Å². The number of para-hydroxylation sites is 1. The maximum absolute atomic E-state index is 13.8. The van der Waals surface area contributed by atoms with E-state index in [1.54, 1.807) is 62.4 Å². The summed E-state index contributed by atoms with van der Waals surface area (Å²) < 4.78 is 44.6. The molecule has 8 nitrogen and oxygen atoms in total. The summed E-state index contributed by atoms with van der Waals surface area (Å²) in [5.74, 6) is 0.00926. The van der Waals surface area contributed by atoms with E-state index in [1.165, 1.54) is 18.2 Å². The molecule has 0 aromatic heterocycles. The van der Waals surface area contributed by atoms with Crippen LogP contribution >= 0.6 is 0 Å². The molecule has 0 aliphatic carbocycles. The van der Waals surface area contributed by atoms with Gasteiger partial charge in [0.05, 0.1) is 17.2 Å². The van der Waals surface area contributed by atoms with Gasteiger partial charge in [-0.25, -0.2) is 8.42 Å². The molecule has 1 aliphatic heterocycles. The summed E-state index contributed by atoms with van der Waals surface area (Å²) in [5, 5.41) is 11.1. The van der Waals surface area contributed by atoms with Crippen LogP contribution in [0, 0.1) is 0 Å². The number of benzene rings is 3. The number of sulfonamides is 1. The summed E-state index contributed by atoms with van der Waals surface area (Å²) in [6.45, 7) is 2.87. The highest BCUT2D eigenvalue weighted by molar-refractivity contribution is 7.92. The van der Waals surface area contributed by atoms with E-state index in [0.29, 0.717) is 22.6 Å². The van der Waals surface area contributed by atoms with E-state index in [9.17, 15) is 18.3 Å². The number of hydrogen-bond acceptors (Lipinski definition) is 7. The van der Waals surface area contributed by atoms with Crippen LogP contribution in [0.2, 0.25) is 0 Å². The number of fused-ring (bicyclic) bond motifs is 1. The van der Waals surface area contributed by atoms with E-state index >= 15 is 0 Å². The lowest BCUT2D eigenvalue weighted by atomic mass is 10.00. The second-order valence-corrected chi connectivity index (χ2v) is 9.46. The number of aliphatic hydroxyl groups is 1.